The molecule has 2 aromatic heterocycles. The average Bonchev–Trinajstić information content (AvgIpc) is 3.02. The first-order valence-corrected chi connectivity index (χ1v) is 7.88. The summed E-state index contributed by atoms with van der Waals surface area (Å²) in [7, 11) is 1.96. The number of hydrogen-bond acceptors (Lipinski definition) is 6. The van der Waals surface area contributed by atoms with Crippen LogP contribution in [0.4, 0.5) is 5.95 Å². The summed E-state index contributed by atoms with van der Waals surface area (Å²) in [5, 5.41) is 3.11. The lowest BCUT2D eigenvalue weighted by Crippen LogP contribution is -2.04. The number of furan rings is 1. The molecule has 0 amide bonds. The van der Waals surface area contributed by atoms with Crippen molar-refractivity contribution in [1.29, 1.82) is 0 Å². The van der Waals surface area contributed by atoms with Gasteiger partial charge in [0.2, 0.25) is 5.95 Å². The smallest absolute Gasteiger partial charge is 0.221 e. The summed E-state index contributed by atoms with van der Waals surface area (Å²) in [5.74, 6) is 1.41. The predicted molar refractivity (Wildman–Crippen MR) is 98.2 cm³/mol. The molecule has 0 aliphatic rings. The molecule has 2 heterocycles. The molecule has 0 unspecified atom stereocenters. The maximum absolute atomic E-state index is 10.6. The fraction of sp³-hybridized carbons (Fsp3) is 0.211. The van der Waals surface area contributed by atoms with E-state index in [0.717, 1.165) is 12.3 Å². The molecule has 6 heteroatoms. The van der Waals surface area contributed by atoms with Crippen molar-refractivity contribution in [2.45, 2.75) is 20.4 Å². The van der Waals surface area contributed by atoms with E-state index in [9.17, 15) is 4.79 Å². The SMILES string of the molecule is CNCc1cccc(C)c1.Cc1ccc(-c2cc(C=O)nc(N)n2)o1. The second-order valence-electron chi connectivity index (χ2n) is 5.58. The van der Waals surface area contributed by atoms with E-state index < -0.39 is 0 Å². The molecule has 0 aliphatic carbocycles. The summed E-state index contributed by atoms with van der Waals surface area (Å²) in [6.45, 7) is 4.90. The highest BCUT2D eigenvalue weighted by Gasteiger charge is 2.07. The minimum Gasteiger partial charge on any atom is -0.460 e. The van der Waals surface area contributed by atoms with Gasteiger partial charge in [-0.1, -0.05) is 29.8 Å². The lowest BCUT2D eigenvalue weighted by Gasteiger charge is -1.99. The lowest BCUT2D eigenvalue weighted by molar-refractivity contribution is 0.111. The average molecular weight is 338 g/mol. The number of nitrogens with two attached hydrogens (primary N) is 1. The highest BCUT2D eigenvalue weighted by molar-refractivity contribution is 5.74. The minimum atomic E-state index is 0.0589. The summed E-state index contributed by atoms with van der Waals surface area (Å²) in [4.78, 5) is 18.3. The molecule has 25 heavy (non-hydrogen) atoms. The Balaban J connectivity index is 0.000000196. The molecule has 3 aromatic rings. The highest BCUT2D eigenvalue weighted by Crippen LogP contribution is 2.20. The van der Waals surface area contributed by atoms with Crippen molar-refractivity contribution in [1.82, 2.24) is 15.3 Å². The molecule has 0 saturated heterocycles. The van der Waals surface area contributed by atoms with Crippen molar-refractivity contribution < 1.29 is 9.21 Å². The number of carbonyl (C=O) groups excluding carboxylic acids is 1. The molecule has 0 spiro atoms. The van der Waals surface area contributed by atoms with Gasteiger partial charge in [-0.05, 0) is 44.7 Å². The van der Waals surface area contributed by atoms with Gasteiger partial charge in [0, 0.05) is 6.54 Å². The molecule has 0 atom stereocenters. The van der Waals surface area contributed by atoms with Gasteiger partial charge in [-0.2, -0.15) is 0 Å². The lowest BCUT2D eigenvalue weighted by atomic mass is 10.1. The van der Waals surface area contributed by atoms with Gasteiger partial charge in [0.15, 0.2) is 12.0 Å². The molecule has 6 nitrogen and oxygen atoms in total. The maximum Gasteiger partial charge on any atom is 0.221 e. The van der Waals surface area contributed by atoms with E-state index in [-0.39, 0.29) is 11.6 Å². The van der Waals surface area contributed by atoms with Crippen LogP contribution in [0.25, 0.3) is 11.5 Å². The zero-order chi connectivity index (χ0) is 18.2. The zero-order valence-corrected chi connectivity index (χ0v) is 14.6. The molecule has 0 bridgehead atoms. The first kappa shape index (κ1) is 18.4. The first-order valence-electron chi connectivity index (χ1n) is 7.88. The van der Waals surface area contributed by atoms with Gasteiger partial charge < -0.3 is 15.5 Å². The van der Waals surface area contributed by atoms with Crippen LogP contribution in [0.2, 0.25) is 0 Å². The third-order valence-electron chi connectivity index (χ3n) is 3.34. The van der Waals surface area contributed by atoms with E-state index in [2.05, 4.69) is 46.5 Å². The summed E-state index contributed by atoms with van der Waals surface area (Å²) < 4.78 is 5.36. The van der Waals surface area contributed by atoms with Crippen molar-refractivity contribution in [2.24, 2.45) is 0 Å². The summed E-state index contributed by atoms with van der Waals surface area (Å²) >= 11 is 0. The third-order valence-corrected chi connectivity index (χ3v) is 3.34. The molecule has 1 aromatic carbocycles. The van der Waals surface area contributed by atoms with Crippen LogP contribution >= 0.6 is 0 Å². The number of nitrogens with zero attached hydrogens (tertiary/aromatic N) is 2. The Hall–Kier alpha value is -2.99. The van der Waals surface area contributed by atoms with Gasteiger partial charge in [0.25, 0.3) is 0 Å². The van der Waals surface area contributed by atoms with Crippen LogP contribution in [0.3, 0.4) is 0 Å². The van der Waals surface area contributed by atoms with Gasteiger partial charge in [-0.25, -0.2) is 9.97 Å². The van der Waals surface area contributed by atoms with Gasteiger partial charge >= 0.3 is 0 Å². The number of aromatic nitrogens is 2. The fourth-order valence-electron chi connectivity index (χ4n) is 2.27. The second-order valence-corrected chi connectivity index (χ2v) is 5.58. The topological polar surface area (TPSA) is 94.0 Å². The Morgan fingerprint density at radius 1 is 1.16 bits per heavy atom. The van der Waals surface area contributed by atoms with Crippen LogP contribution in [0.1, 0.15) is 27.4 Å². The van der Waals surface area contributed by atoms with Crippen molar-refractivity contribution in [3.05, 3.63) is 65.0 Å². The van der Waals surface area contributed by atoms with Crippen molar-refractivity contribution in [3.8, 4) is 11.5 Å². The second kappa shape index (κ2) is 8.75. The standard InChI is InChI=1S/C10H9N3O2.C9H13N/c1-6-2-3-9(15-6)8-4-7(5-14)12-10(11)13-8;1-8-4-3-5-9(6-8)7-10-2/h2-5H,1H3,(H2,11,12,13);3-6,10H,7H2,1-2H3. The van der Waals surface area contributed by atoms with Gasteiger partial charge in [0.05, 0.1) is 0 Å². The number of rotatable bonds is 4. The number of aldehydes is 1. The quantitative estimate of drug-likeness (QED) is 0.710. The molecule has 3 rings (SSSR count). The van der Waals surface area contributed by atoms with E-state index in [4.69, 9.17) is 10.2 Å². The van der Waals surface area contributed by atoms with Gasteiger partial charge in [0.1, 0.15) is 17.1 Å². The van der Waals surface area contributed by atoms with Crippen LogP contribution in [0.15, 0.2) is 46.9 Å². The van der Waals surface area contributed by atoms with E-state index in [1.165, 1.54) is 17.2 Å². The van der Waals surface area contributed by atoms with Crippen LogP contribution < -0.4 is 11.1 Å². The zero-order valence-electron chi connectivity index (χ0n) is 14.6. The van der Waals surface area contributed by atoms with Crippen LogP contribution in [-0.2, 0) is 6.54 Å². The predicted octanol–water partition coefficient (Wildman–Crippen LogP) is 3.15. The molecule has 0 radical (unpaired) electrons. The fourth-order valence-corrected chi connectivity index (χ4v) is 2.27. The van der Waals surface area contributed by atoms with Gasteiger partial charge in [-0.3, -0.25) is 4.79 Å². The molecular formula is C19H22N4O2. The summed E-state index contributed by atoms with van der Waals surface area (Å²) in [6.07, 6.45) is 0.622. The number of anilines is 1. The number of aryl methyl sites for hydroxylation is 2. The number of hydrogen-bond donors (Lipinski definition) is 2. The molecule has 0 saturated carbocycles. The molecular weight excluding hydrogens is 316 g/mol. The number of carbonyl (C=O) groups is 1. The molecule has 0 fully saturated rings. The number of nitrogens with one attached hydrogen (secondary N) is 1. The van der Waals surface area contributed by atoms with Crippen LogP contribution in [0, 0.1) is 13.8 Å². The van der Waals surface area contributed by atoms with E-state index in [1.807, 2.05) is 20.0 Å². The molecule has 0 aliphatic heterocycles. The van der Waals surface area contributed by atoms with Gasteiger partial charge in [-0.15, -0.1) is 0 Å². The Morgan fingerprint density at radius 3 is 2.56 bits per heavy atom. The highest BCUT2D eigenvalue weighted by atomic mass is 16.3. The van der Waals surface area contributed by atoms with E-state index in [0.29, 0.717) is 17.7 Å². The normalized spacial score (nSPS) is 10.0. The van der Waals surface area contributed by atoms with Crippen molar-refractivity contribution in [2.75, 3.05) is 12.8 Å². The Bertz CT molecular complexity index is 843. The Morgan fingerprint density at radius 2 is 1.96 bits per heavy atom. The largest absolute Gasteiger partial charge is 0.460 e. The monoisotopic (exact) mass is 338 g/mol. The molecule has 3 N–H and O–H groups in total. The molecule has 130 valence electrons. The minimum absolute atomic E-state index is 0.0589. The van der Waals surface area contributed by atoms with Crippen LogP contribution in [-0.4, -0.2) is 23.3 Å². The first-order chi connectivity index (χ1) is 12.0. The van der Waals surface area contributed by atoms with Crippen molar-refractivity contribution in [3.63, 3.8) is 0 Å². The van der Waals surface area contributed by atoms with E-state index >= 15 is 0 Å². The third kappa shape index (κ3) is 5.54. The van der Waals surface area contributed by atoms with Crippen molar-refractivity contribution >= 4 is 12.2 Å². The summed E-state index contributed by atoms with van der Waals surface area (Å²) in [5.41, 5.74) is 8.89. The van der Waals surface area contributed by atoms with E-state index in [1.54, 1.807) is 6.07 Å². The summed E-state index contributed by atoms with van der Waals surface area (Å²) in [6, 6.07) is 13.6. The number of benzene rings is 1. The Kier molecular flexibility index (Phi) is 6.42. The number of nitrogen functional groups attached to an aromatic ring is 1. The Labute approximate surface area is 147 Å². The van der Waals surface area contributed by atoms with Crippen LogP contribution in [0.5, 0.6) is 0 Å². The maximum atomic E-state index is 10.6.